The van der Waals surface area contributed by atoms with Crippen LogP contribution >= 0.6 is 15.9 Å². The van der Waals surface area contributed by atoms with Gasteiger partial charge < -0.3 is 4.74 Å². The maximum absolute atomic E-state index is 13.1. The third kappa shape index (κ3) is 1.06. The molecule has 3 heteroatoms. The van der Waals surface area contributed by atoms with Crippen LogP contribution in [0.15, 0.2) is 23.3 Å². The van der Waals surface area contributed by atoms with Gasteiger partial charge in [0.05, 0.1) is 6.61 Å². The highest BCUT2D eigenvalue weighted by Gasteiger charge is 2.75. The van der Waals surface area contributed by atoms with E-state index >= 15 is 0 Å². The average Bonchev–Trinajstić information content (AvgIpc) is 3.04. The number of ether oxygens (including phenoxy) is 1. The number of halogens is 1. The summed E-state index contributed by atoms with van der Waals surface area (Å²) < 4.78 is 5.34. The summed E-state index contributed by atoms with van der Waals surface area (Å²) >= 11 is 3.92. The third-order valence-corrected chi connectivity index (χ3v) is 7.47. The third-order valence-electron chi connectivity index (χ3n) is 6.10. The number of carbonyl (C=O) groups is 1. The van der Waals surface area contributed by atoms with Crippen LogP contribution in [0.3, 0.4) is 0 Å². The lowest BCUT2D eigenvalue weighted by Gasteiger charge is -2.56. The number of rotatable bonds is 0. The van der Waals surface area contributed by atoms with E-state index in [0.29, 0.717) is 30.1 Å². The quantitative estimate of drug-likeness (QED) is 0.390. The van der Waals surface area contributed by atoms with Gasteiger partial charge in [-0.1, -0.05) is 33.7 Å². The van der Waals surface area contributed by atoms with Gasteiger partial charge in [0.15, 0.2) is 11.4 Å². The lowest BCUT2D eigenvalue weighted by molar-refractivity contribution is -0.134. The summed E-state index contributed by atoms with van der Waals surface area (Å²) in [5.74, 6) is 1.68. The molecule has 1 saturated carbocycles. The topological polar surface area (TPSA) is 29.6 Å². The summed E-state index contributed by atoms with van der Waals surface area (Å²) in [5.41, 5.74) is 2.58. The van der Waals surface area contributed by atoms with Gasteiger partial charge in [0.1, 0.15) is 4.32 Å². The standard InChI is InChI=1S/C16H17BrO2/c17-16-11-6-2-1-4-9(11)13(10-5-3-7-12(10)16)15(8-19-15)14(16)18/h3,7,10,12-13H,1-2,4-6,8H2/t10-,12+,13-,15?,16-/m1/s1. The zero-order chi connectivity index (χ0) is 12.8. The summed E-state index contributed by atoms with van der Waals surface area (Å²) in [5, 5.41) is 0. The molecular weight excluding hydrogens is 304 g/mol. The second-order valence-electron chi connectivity index (χ2n) is 6.76. The largest absolute Gasteiger partial charge is 0.361 e. The lowest BCUT2D eigenvalue weighted by atomic mass is 9.50. The molecule has 2 bridgehead atoms. The number of Topliss-reactive ketones (excluding diaryl/α,β-unsaturated/α-hetero) is 1. The van der Waals surface area contributed by atoms with Crippen molar-refractivity contribution < 1.29 is 9.53 Å². The Bertz CT molecular complexity index is 557. The maximum Gasteiger partial charge on any atom is 0.188 e. The van der Waals surface area contributed by atoms with Crippen molar-refractivity contribution in [2.45, 2.75) is 42.0 Å². The van der Waals surface area contributed by atoms with E-state index in [1.54, 1.807) is 5.57 Å². The van der Waals surface area contributed by atoms with E-state index in [2.05, 4.69) is 28.1 Å². The number of allylic oxidation sites excluding steroid dienone is 3. The summed E-state index contributed by atoms with van der Waals surface area (Å²) in [7, 11) is 0. The molecule has 5 aliphatic carbocycles. The van der Waals surface area contributed by atoms with Crippen LogP contribution in [0.1, 0.15) is 32.1 Å². The van der Waals surface area contributed by atoms with Crippen LogP contribution in [-0.2, 0) is 9.53 Å². The highest BCUT2D eigenvalue weighted by Crippen LogP contribution is 2.68. The van der Waals surface area contributed by atoms with E-state index in [0.717, 1.165) is 12.8 Å². The van der Waals surface area contributed by atoms with E-state index in [4.69, 9.17) is 4.74 Å². The summed E-state index contributed by atoms with van der Waals surface area (Å²) in [6, 6.07) is 0. The molecule has 1 aliphatic heterocycles. The first-order valence-electron chi connectivity index (χ1n) is 7.46. The van der Waals surface area contributed by atoms with E-state index in [1.165, 1.54) is 24.8 Å². The van der Waals surface area contributed by atoms with Crippen LogP contribution < -0.4 is 0 Å². The van der Waals surface area contributed by atoms with Gasteiger partial charge in [-0.3, -0.25) is 4.79 Å². The molecule has 6 aliphatic rings. The Hall–Kier alpha value is -0.410. The minimum atomic E-state index is -0.438. The molecule has 100 valence electrons. The Labute approximate surface area is 121 Å². The van der Waals surface area contributed by atoms with Crippen molar-refractivity contribution in [2.75, 3.05) is 6.61 Å². The average molecular weight is 321 g/mol. The first kappa shape index (κ1) is 11.3. The first-order chi connectivity index (χ1) is 9.19. The maximum atomic E-state index is 13.1. The van der Waals surface area contributed by atoms with Gasteiger partial charge in [0.25, 0.3) is 0 Å². The molecule has 0 amide bonds. The molecule has 1 saturated heterocycles. The van der Waals surface area contributed by atoms with E-state index in [-0.39, 0.29) is 0 Å². The van der Waals surface area contributed by atoms with Gasteiger partial charge in [0.2, 0.25) is 0 Å². The predicted molar refractivity (Wildman–Crippen MR) is 75.1 cm³/mol. The molecular formula is C16H17BrO2. The zero-order valence-corrected chi connectivity index (χ0v) is 12.4. The number of hydrogen-bond donors (Lipinski definition) is 0. The van der Waals surface area contributed by atoms with E-state index in [9.17, 15) is 4.79 Å². The Morgan fingerprint density at radius 1 is 1.32 bits per heavy atom. The minimum absolute atomic E-state index is 0.332. The minimum Gasteiger partial charge on any atom is -0.361 e. The summed E-state index contributed by atoms with van der Waals surface area (Å²) in [6.07, 6.45) is 10.5. The summed E-state index contributed by atoms with van der Waals surface area (Å²) in [6.45, 7) is 0.657. The highest BCUT2D eigenvalue weighted by molar-refractivity contribution is 9.10. The van der Waals surface area contributed by atoms with Gasteiger partial charge >= 0.3 is 0 Å². The Kier molecular flexibility index (Phi) is 1.93. The number of alkyl halides is 1. The molecule has 1 unspecified atom stereocenters. The molecule has 0 aromatic carbocycles. The second-order valence-corrected chi connectivity index (χ2v) is 8.01. The van der Waals surface area contributed by atoms with Crippen molar-refractivity contribution >= 4 is 21.7 Å². The van der Waals surface area contributed by atoms with Crippen LogP contribution in [0.25, 0.3) is 0 Å². The number of carbonyl (C=O) groups excluding carboxylic acids is 1. The summed E-state index contributed by atoms with van der Waals surface area (Å²) in [4.78, 5) is 13.1. The van der Waals surface area contributed by atoms with Crippen LogP contribution in [0.2, 0.25) is 0 Å². The van der Waals surface area contributed by atoms with Crippen LogP contribution in [0, 0.1) is 17.8 Å². The fourth-order valence-electron chi connectivity index (χ4n) is 5.34. The molecule has 5 atom stereocenters. The molecule has 6 rings (SSSR count). The molecule has 0 N–H and O–H groups in total. The van der Waals surface area contributed by atoms with Crippen molar-refractivity contribution in [1.82, 2.24) is 0 Å². The Balaban J connectivity index is 1.80. The monoisotopic (exact) mass is 320 g/mol. The molecule has 0 aromatic rings. The molecule has 1 heterocycles. The highest BCUT2D eigenvalue weighted by atomic mass is 79.9. The fourth-order valence-corrected chi connectivity index (χ4v) is 6.62. The van der Waals surface area contributed by atoms with Crippen LogP contribution in [0.5, 0.6) is 0 Å². The second kappa shape index (κ2) is 3.25. The van der Waals surface area contributed by atoms with Crippen LogP contribution in [0.4, 0.5) is 0 Å². The predicted octanol–water partition coefficient (Wildman–Crippen LogP) is 3.16. The first-order valence-corrected chi connectivity index (χ1v) is 8.26. The molecule has 0 radical (unpaired) electrons. The van der Waals surface area contributed by atoms with Gasteiger partial charge in [-0.15, -0.1) is 0 Å². The molecule has 1 spiro atoms. The Morgan fingerprint density at radius 3 is 2.89 bits per heavy atom. The molecule has 0 aromatic heterocycles. The van der Waals surface area contributed by atoms with Gasteiger partial charge in [-0.2, -0.15) is 0 Å². The van der Waals surface area contributed by atoms with Crippen molar-refractivity contribution in [3.05, 3.63) is 23.3 Å². The van der Waals surface area contributed by atoms with Gasteiger partial charge in [0, 0.05) is 11.8 Å². The van der Waals surface area contributed by atoms with Crippen molar-refractivity contribution in [1.29, 1.82) is 0 Å². The zero-order valence-electron chi connectivity index (χ0n) is 10.8. The van der Waals surface area contributed by atoms with Crippen LogP contribution in [-0.4, -0.2) is 22.3 Å². The molecule has 2 fully saturated rings. The number of ketones is 1. The normalized spacial score (nSPS) is 53.7. The SMILES string of the molecule is O=C1C2(CO2)[C@@H]2C3=C(CCCC3)[C@@]1(Br)[C@H]1C=CC[C@@H]21. The van der Waals surface area contributed by atoms with Crippen molar-refractivity contribution in [2.24, 2.45) is 17.8 Å². The number of hydrogen-bond acceptors (Lipinski definition) is 2. The van der Waals surface area contributed by atoms with E-state index in [1.807, 2.05) is 0 Å². The fraction of sp³-hybridized carbons (Fsp3) is 0.688. The van der Waals surface area contributed by atoms with Gasteiger partial charge in [-0.05, 0) is 43.6 Å². The lowest BCUT2D eigenvalue weighted by Crippen LogP contribution is -2.64. The van der Waals surface area contributed by atoms with Gasteiger partial charge in [-0.25, -0.2) is 0 Å². The number of epoxide rings is 1. The van der Waals surface area contributed by atoms with Crippen molar-refractivity contribution in [3.8, 4) is 0 Å². The van der Waals surface area contributed by atoms with E-state index < -0.39 is 9.93 Å². The smallest absolute Gasteiger partial charge is 0.188 e. The molecule has 2 nitrogen and oxygen atoms in total. The van der Waals surface area contributed by atoms with Crippen molar-refractivity contribution in [3.63, 3.8) is 0 Å². The molecule has 19 heavy (non-hydrogen) atoms. The Morgan fingerprint density at radius 2 is 2.11 bits per heavy atom.